The summed E-state index contributed by atoms with van der Waals surface area (Å²) in [4.78, 5) is 12.4. The molecule has 0 radical (unpaired) electrons. The van der Waals surface area contributed by atoms with Crippen molar-refractivity contribution in [2.45, 2.75) is 70.9 Å². The van der Waals surface area contributed by atoms with Crippen LogP contribution in [0.25, 0.3) is 0 Å². The summed E-state index contributed by atoms with van der Waals surface area (Å²) in [5.41, 5.74) is 1.82. The normalized spacial score (nSPS) is 18.3. The lowest BCUT2D eigenvalue weighted by Gasteiger charge is -2.25. The summed E-state index contributed by atoms with van der Waals surface area (Å²) in [7, 11) is 0. The van der Waals surface area contributed by atoms with Crippen LogP contribution < -0.4 is 10.6 Å². The van der Waals surface area contributed by atoms with Crippen LogP contribution in [0.1, 0.15) is 57.4 Å². The number of hydrogen-bond acceptors (Lipinski definition) is 2. The molecule has 1 aromatic rings. The van der Waals surface area contributed by atoms with Gasteiger partial charge in [0.2, 0.25) is 5.91 Å². The second-order valence-electron chi connectivity index (χ2n) is 6.38. The quantitative estimate of drug-likeness (QED) is 0.845. The van der Waals surface area contributed by atoms with Crippen LogP contribution in [0.5, 0.6) is 0 Å². The SMILES string of the molecule is Cc1ccc(Cl)cc1NC(=O)[C@H](C)NC1CCCCCCC1. The van der Waals surface area contributed by atoms with Crippen molar-refractivity contribution in [2.24, 2.45) is 0 Å². The molecule has 0 spiro atoms. The number of carbonyl (C=O) groups is 1. The molecule has 0 heterocycles. The molecule has 0 aromatic heterocycles. The molecule has 1 atom stereocenters. The van der Waals surface area contributed by atoms with E-state index in [2.05, 4.69) is 10.6 Å². The smallest absolute Gasteiger partial charge is 0.241 e. The summed E-state index contributed by atoms with van der Waals surface area (Å²) in [6.45, 7) is 3.91. The van der Waals surface area contributed by atoms with Crippen molar-refractivity contribution in [2.75, 3.05) is 5.32 Å². The Labute approximate surface area is 138 Å². The number of hydrogen-bond donors (Lipinski definition) is 2. The van der Waals surface area contributed by atoms with E-state index in [1.54, 1.807) is 6.07 Å². The Morgan fingerprint density at radius 1 is 1.18 bits per heavy atom. The average Bonchev–Trinajstić information content (AvgIpc) is 2.45. The minimum Gasteiger partial charge on any atom is -0.324 e. The summed E-state index contributed by atoms with van der Waals surface area (Å²) >= 11 is 6.00. The third-order valence-electron chi connectivity index (χ3n) is 4.44. The molecule has 0 bridgehead atoms. The summed E-state index contributed by atoms with van der Waals surface area (Å²) in [6.07, 6.45) is 8.87. The van der Waals surface area contributed by atoms with E-state index in [1.807, 2.05) is 26.0 Å². The minimum absolute atomic E-state index is 0.00688. The summed E-state index contributed by atoms with van der Waals surface area (Å²) in [5.74, 6) is 0.00688. The summed E-state index contributed by atoms with van der Waals surface area (Å²) in [6, 6.07) is 5.83. The van der Waals surface area contributed by atoms with Gasteiger partial charge in [-0.2, -0.15) is 0 Å². The van der Waals surface area contributed by atoms with E-state index in [0.29, 0.717) is 11.1 Å². The van der Waals surface area contributed by atoms with Crippen LogP contribution in [0.15, 0.2) is 18.2 Å². The highest BCUT2D eigenvalue weighted by atomic mass is 35.5. The molecule has 2 N–H and O–H groups in total. The molecule has 22 heavy (non-hydrogen) atoms. The molecule has 1 amide bonds. The van der Waals surface area contributed by atoms with Gasteiger partial charge in [0, 0.05) is 16.8 Å². The molecule has 1 fully saturated rings. The number of amides is 1. The Morgan fingerprint density at radius 3 is 2.50 bits per heavy atom. The number of benzene rings is 1. The lowest BCUT2D eigenvalue weighted by Crippen LogP contribution is -2.44. The van der Waals surface area contributed by atoms with E-state index in [4.69, 9.17) is 11.6 Å². The van der Waals surface area contributed by atoms with Crippen molar-refractivity contribution in [3.8, 4) is 0 Å². The molecule has 1 aromatic carbocycles. The minimum atomic E-state index is -0.192. The molecule has 2 rings (SSSR count). The first-order valence-electron chi connectivity index (χ1n) is 8.39. The van der Waals surface area contributed by atoms with Gasteiger partial charge in [0.05, 0.1) is 6.04 Å². The van der Waals surface area contributed by atoms with Gasteiger partial charge in [-0.25, -0.2) is 0 Å². The number of carbonyl (C=O) groups excluding carboxylic acids is 1. The standard InChI is InChI=1S/C18H27ClN2O/c1-13-10-11-15(19)12-17(13)21-18(22)14(2)20-16-8-6-4-3-5-7-9-16/h10-12,14,16,20H,3-9H2,1-2H3,(H,21,22)/t14-/m0/s1. The summed E-state index contributed by atoms with van der Waals surface area (Å²) < 4.78 is 0. The van der Waals surface area contributed by atoms with Gasteiger partial charge in [0.25, 0.3) is 0 Å². The Balaban J connectivity index is 1.89. The van der Waals surface area contributed by atoms with Gasteiger partial charge in [-0.05, 0) is 44.4 Å². The Hall–Kier alpha value is -1.06. The predicted molar refractivity (Wildman–Crippen MR) is 93.5 cm³/mol. The molecule has 3 nitrogen and oxygen atoms in total. The van der Waals surface area contributed by atoms with Gasteiger partial charge >= 0.3 is 0 Å². The predicted octanol–water partition coefficient (Wildman–Crippen LogP) is 4.68. The zero-order valence-corrected chi connectivity index (χ0v) is 14.4. The second kappa shape index (κ2) is 8.54. The van der Waals surface area contributed by atoms with E-state index in [9.17, 15) is 4.79 Å². The summed E-state index contributed by atoms with van der Waals surface area (Å²) in [5, 5.41) is 7.12. The number of halogens is 1. The zero-order valence-electron chi connectivity index (χ0n) is 13.6. The number of nitrogens with one attached hydrogen (secondary N) is 2. The van der Waals surface area contributed by atoms with Gasteiger partial charge < -0.3 is 10.6 Å². The van der Waals surface area contributed by atoms with Crippen molar-refractivity contribution in [1.82, 2.24) is 5.32 Å². The van der Waals surface area contributed by atoms with E-state index in [1.165, 1.54) is 44.9 Å². The highest BCUT2D eigenvalue weighted by Crippen LogP contribution is 2.21. The number of rotatable bonds is 4. The van der Waals surface area contributed by atoms with Gasteiger partial charge in [-0.3, -0.25) is 4.79 Å². The first kappa shape index (κ1) is 17.3. The number of aryl methyl sites for hydroxylation is 1. The molecular weight excluding hydrogens is 296 g/mol. The average molecular weight is 323 g/mol. The van der Waals surface area contributed by atoms with Gasteiger partial charge in [0.15, 0.2) is 0 Å². The fourth-order valence-electron chi connectivity index (χ4n) is 3.02. The van der Waals surface area contributed by atoms with Crippen LogP contribution in [0.2, 0.25) is 5.02 Å². The molecule has 122 valence electrons. The van der Waals surface area contributed by atoms with Gasteiger partial charge in [-0.15, -0.1) is 0 Å². The Kier molecular flexibility index (Phi) is 6.71. The molecule has 0 unspecified atom stereocenters. The first-order chi connectivity index (χ1) is 10.6. The van der Waals surface area contributed by atoms with Crippen LogP contribution in [0.3, 0.4) is 0 Å². The Bertz CT molecular complexity index is 496. The maximum absolute atomic E-state index is 12.4. The fourth-order valence-corrected chi connectivity index (χ4v) is 3.19. The van der Waals surface area contributed by atoms with Crippen LogP contribution in [-0.2, 0) is 4.79 Å². The third kappa shape index (κ3) is 5.29. The van der Waals surface area contributed by atoms with Crippen molar-refractivity contribution in [1.29, 1.82) is 0 Å². The lowest BCUT2D eigenvalue weighted by atomic mass is 9.96. The van der Waals surface area contributed by atoms with Crippen molar-refractivity contribution in [3.63, 3.8) is 0 Å². The highest BCUT2D eigenvalue weighted by molar-refractivity contribution is 6.31. The molecule has 1 saturated carbocycles. The zero-order chi connectivity index (χ0) is 15.9. The van der Waals surface area contributed by atoms with Gasteiger partial charge in [0.1, 0.15) is 0 Å². The van der Waals surface area contributed by atoms with Crippen LogP contribution in [-0.4, -0.2) is 18.0 Å². The van der Waals surface area contributed by atoms with Crippen LogP contribution in [0, 0.1) is 6.92 Å². The maximum atomic E-state index is 12.4. The molecule has 0 aliphatic heterocycles. The molecule has 0 saturated heterocycles. The van der Waals surface area contributed by atoms with Crippen molar-refractivity contribution < 1.29 is 4.79 Å². The van der Waals surface area contributed by atoms with Crippen molar-refractivity contribution >= 4 is 23.2 Å². The lowest BCUT2D eigenvalue weighted by molar-refractivity contribution is -0.118. The van der Waals surface area contributed by atoms with E-state index >= 15 is 0 Å². The van der Waals surface area contributed by atoms with Crippen molar-refractivity contribution in [3.05, 3.63) is 28.8 Å². The first-order valence-corrected chi connectivity index (χ1v) is 8.77. The van der Waals surface area contributed by atoms with Gasteiger partial charge in [-0.1, -0.05) is 49.8 Å². The second-order valence-corrected chi connectivity index (χ2v) is 6.82. The highest BCUT2D eigenvalue weighted by Gasteiger charge is 2.19. The van der Waals surface area contributed by atoms with Crippen LogP contribution in [0.4, 0.5) is 5.69 Å². The molecule has 1 aliphatic carbocycles. The Morgan fingerprint density at radius 2 is 1.82 bits per heavy atom. The fraction of sp³-hybridized carbons (Fsp3) is 0.611. The number of anilines is 1. The monoisotopic (exact) mass is 322 g/mol. The van der Waals surface area contributed by atoms with E-state index < -0.39 is 0 Å². The maximum Gasteiger partial charge on any atom is 0.241 e. The topological polar surface area (TPSA) is 41.1 Å². The molecular formula is C18H27ClN2O. The van der Waals surface area contributed by atoms with E-state index in [-0.39, 0.29) is 11.9 Å². The largest absolute Gasteiger partial charge is 0.324 e. The van der Waals surface area contributed by atoms with E-state index in [0.717, 1.165) is 11.3 Å². The third-order valence-corrected chi connectivity index (χ3v) is 4.68. The van der Waals surface area contributed by atoms with Crippen LogP contribution >= 0.6 is 11.6 Å². The molecule has 1 aliphatic rings. The molecule has 4 heteroatoms.